The Kier molecular flexibility index (Phi) is 19.5. The van der Waals surface area contributed by atoms with Gasteiger partial charge in [-0.05, 0) is 6.42 Å². The molecule has 0 aromatic rings. The number of carbonyl (C=O) groups is 2. The molecule has 0 radical (unpaired) electrons. The van der Waals surface area contributed by atoms with E-state index in [2.05, 4.69) is 10.6 Å². The van der Waals surface area contributed by atoms with Crippen LogP contribution in [0.1, 0.15) is 19.8 Å². The molecule has 0 aliphatic heterocycles. The molecule has 0 heterocycles. The number of hydrogen-bond donors (Lipinski definition) is 3. The lowest BCUT2D eigenvalue weighted by atomic mass is 10.3. The van der Waals surface area contributed by atoms with E-state index in [1.54, 1.807) is 7.05 Å². The predicted molar refractivity (Wildman–Crippen MR) is 83.8 cm³/mol. The molecule has 0 aromatic carbocycles. The number of hydrogen-bond acceptors (Lipinski definition) is 4. The first-order valence-corrected chi connectivity index (χ1v) is 6.23. The van der Waals surface area contributed by atoms with Gasteiger partial charge >= 0.3 is 12.1 Å². The van der Waals surface area contributed by atoms with E-state index in [9.17, 15) is 9.59 Å². The van der Waals surface area contributed by atoms with Gasteiger partial charge in [-0.1, -0.05) is 13.3 Å². The quantitative estimate of drug-likeness (QED) is 0.576. The number of unbranched alkanes of at least 4 members (excludes halogenated alkanes) is 1. The number of urea groups is 1. The second-order valence-corrected chi connectivity index (χ2v) is 3.75. The summed E-state index contributed by atoms with van der Waals surface area (Å²) in [6, 6.07) is -0.226. The molecule has 7 nitrogen and oxygen atoms in total. The summed E-state index contributed by atoms with van der Waals surface area (Å²) in [4.78, 5) is 24.1. The van der Waals surface area contributed by atoms with E-state index in [1.807, 2.05) is 6.92 Å². The molecule has 0 bridgehead atoms. The van der Waals surface area contributed by atoms with Gasteiger partial charge in [-0.2, -0.15) is 0 Å². The van der Waals surface area contributed by atoms with Crippen molar-refractivity contribution >= 4 is 36.9 Å². The second-order valence-electron chi connectivity index (χ2n) is 3.75. The summed E-state index contributed by atoms with van der Waals surface area (Å²) in [5.41, 5.74) is 5.39. The van der Waals surface area contributed by atoms with E-state index in [4.69, 9.17) is 10.5 Å². The highest BCUT2D eigenvalue weighted by molar-refractivity contribution is 5.85. The molecule has 0 rings (SSSR count). The van der Waals surface area contributed by atoms with Crippen molar-refractivity contribution in [2.45, 2.75) is 19.8 Å². The zero-order valence-electron chi connectivity index (χ0n) is 12.0. The van der Waals surface area contributed by atoms with Crippen molar-refractivity contribution in [2.75, 3.05) is 39.8 Å². The molecule has 0 atom stereocenters. The van der Waals surface area contributed by atoms with Crippen LogP contribution in [-0.4, -0.2) is 56.9 Å². The van der Waals surface area contributed by atoms with Crippen LogP contribution in [0.3, 0.4) is 0 Å². The third-order valence-electron chi connectivity index (χ3n) is 2.29. The van der Waals surface area contributed by atoms with Crippen LogP contribution < -0.4 is 16.4 Å². The zero-order valence-corrected chi connectivity index (χ0v) is 13.6. The van der Waals surface area contributed by atoms with E-state index in [1.165, 1.54) is 4.90 Å². The van der Waals surface area contributed by atoms with Crippen LogP contribution in [0.4, 0.5) is 9.59 Å². The third-order valence-corrected chi connectivity index (χ3v) is 2.29. The number of carbonyl (C=O) groups excluding carboxylic acids is 2. The Hall–Kier alpha value is -0.920. The molecule has 3 amide bonds. The summed E-state index contributed by atoms with van der Waals surface area (Å²) in [6.45, 7) is 3.94. The molecule has 9 heteroatoms. The van der Waals surface area contributed by atoms with Gasteiger partial charge in [0.15, 0.2) is 0 Å². The van der Waals surface area contributed by atoms with Crippen LogP contribution >= 0.6 is 24.8 Å². The third kappa shape index (κ3) is 12.1. The van der Waals surface area contributed by atoms with Crippen LogP contribution in [0.5, 0.6) is 0 Å². The lowest BCUT2D eigenvalue weighted by molar-refractivity contribution is 0.130. The Morgan fingerprint density at radius 3 is 2.40 bits per heavy atom. The van der Waals surface area contributed by atoms with Gasteiger partial charge in [-0.25, -0.2) is 9.59 Å². The first-order chi connectivity index (χ1) is 8.65. The highest BCUT2D eigenvalue weighted by Gasteiger charge is 2.11. The number of nitrogens with one attached hydrogen (secondary N) is 2. The fourth-order valence-corrected chi connectivity index (χ4v) is 1.30. The number of nitrogens with two attached hydrogens (primary N) is 1. The van der Waals surface area contributed by atoms with Gasteiger partial charge in [0.1, 0.15) is 6.61 Å². The average molecular weight is 333 g/mol. The van der Waals surface area contributed by atoms with E-state index in [0.717, 1.165) is 12.8 Å². The van der Waals surface area contributed by atoms with Crippen molar-refractivity contribution in [3.8, 4) is 0 Å². The number of nitrogens with zero attached hydrogens (tertiary/aromatic N) is 1. The Bertz CT molecular complexity index is 258. The van der Waals surface area contributed by atoms with Crippen LogP contribution in [0.15, 0.2) is 0 Å². The maximum atomic E-state index is 11.4. The van der Waals surface area contributed by atoms with Gasteiger partial charge < -0.3 is 26.0 Å². The summed E-state index contributed by atoms with van der Waals surface area (Å²) in [6.07, 6.45) is 1.49. The smallest absolute Gasteiger partial charge is 0.407 e. The van der Waals surface area contributed by atoms with Crippen molar-refractivity contribution in [2.24, 2.45) is 5.73 Å². The summed E-state index contributed by atoms with van der Waals surface area (Å²) in [5.74, 6) is 0. The Balaban J connectivity index is -0.00000144. The molecule has 0 aromatic heterocycles. The minimum absolute atomic E-state index is 0. The molecule has 0 fully saturated rings. The summed E-state index contributed by atoms with van der Waals surface area (Å²) in [5, 5.41) is 5.13. The van der Waals surface area contributed by atoms with Crippen molar-refractivity contribution in [1.29, 1.82) is 0 Å². The zero-order chi connectivity index (χ0) is 13.8. The van der Waals surface area contributed by atoms with Gasteiger partial charge in [0.2, 0.25) is 0 Å². The fraction of sp³-hybridized carbons (Fsp3) is 0.818. The van der Waals surface area contributed by atoms with Crippen LogP contribution in [0, 0.1) is 0 Å². The molecular weight excluding hydrogens is 307 g/mol. The number of amides is 3. The molecule has 0 spiro atoms. The predicted octanol–water partition coefficient (Wildman–Crippen LogP) is 0.956. The van der Waals surface area contributed by atoms with Crippen molar-refractivity contribution in [3.05, 3.63) is 0 Å². The van der Waals surface area contributed by atoms with E-state index < -0.39 is 6.09 Å². The van der Waals surface area contributed by atoms with Gasteiger partial charge in [0.05, 0.1) is 6.54 Å². The molecule has 0 aliphatic carbocycles. The minimum Gasteiger partial charge on any atom is -0.448 e. The van der Waals surface area contributed by atoms with Gasteiger partial charge in [0.25, 0.3) is 0 Å². The van der Waals surface area contributed by atoms with Crippen molar-refractivity contribution < 1.29 is 14.3 Å². The summed E-state index contributed by atoms with van der Waals surface area (Å²) >= 11 is 0. The SMILES string of the molecule is CCCCNC(=O)OCCN(CCN)C(=O)NC.Cl.Cl. The van der Waals surface area contributed by atoms with Gasteiger partial charge in [0, 0.05) is 26.7 Å². The van der Waals surface area contributed by atoms with Gasteiger partial charge in [-0.3, -0.25) is 0 Å². The highest BCUT2D eigenvalue weighted by atomic mass is 35.5. The first-order valence-electron chi connectivity index (χ1n) is 6.23. The van der Waals surface area contributed by atoms with Crippen LogP contribution in [0.2, 0.25) is 0 Å². The Morgan fingerprint density at radius 2 is 1.90 bits per heavy atom. The topological polar surface area (TPSA) is 96.7 Å². The van der Waals surface area contributed by atoms with Crippen molar-refractivity contribution in [1.82, 2.24) is 15.5 Å². The number of alkyl carbamates (subject to hydrolysis) is 1. The minimum atomic E-state index is -0.451. The molecular formula is C11H26Cl2N4O3. The van der Waals surface area contributed by atoms with E-state index in [-0.39, 0.29) is 37.5 Å². The number of rotatable bonds is 8. The standard InChI is InChI=1S/C11H24N4O3.2ClH/c1-3-4-6-14-11(17)18-9-8-15(7-5-12)10(16)13-2;;/h3-9,12H2,1-2H3,(H,13,16)(H,14,17);2*1H. The first kappa shape index (κ1) is 24.1. The lowest BCUT2D eigenvalue weighted by Gasteiger charge is -2.21. The monoisotopic (exact) mass is 332 g/mol. The van der Waals surface area contributed by atoms with Crippen LogP contribution in [0.25, 0.3) is 0 Å². The van der Waals surface area contributed by atoms with E-state index in [0.29, 0.717) is 26.2 Å². The normalized spacial score (nSPS) is 8.75. The number of ether oxygens (including phenoxy) is 1. The maximum Gasteiger partial charge on any atom is 0.407 e. The molecule has 4 N–H and O–H groups in total. The van der Waals surface area contributed by atoms with Crippen LogP contribution in [-0.2, 0) is 4.74 Å². The molecule has 0 saturated carbocycles. The Morgan fingerprint density at radius 1 is 1.25 bits per heavy atom. The lowest BCUT2D eigenvalue weighted by Crippen LogP contribution is -2.43. The maximum absolute atomic E-state index is 11.4. The molecule has 0 aliphatic rings. The largest absolute Gasteiger partial charge is 0.448 e. The fourth-order valence-electron chi connectivity index (χ4n) is 1.30. The summed E-state index contributed by atoms with van der Waals surface area (Å²) < 4.78 is 4.95. The number of halogens is 2. The van der Waals surface area contributed by atoms with E-state index >= 15 is 0 Å². The molecule has 122 valence electrons. The van der Waals surface area contributed by atoms with Gasteiger partial charge in [-0.15, -0.1) is 24.8 Å². The highest BCUT2D eigenvalue weighted by Crippen LogP contribution is 1.90. The second kappa shape index (κ2) is 16.1. The molecule has 0 saturated heterocycles. The molecule has 20 heavy (non-hydrogen) atoms. The summed E-state index contributed by atoms with van der Waals surface area (Å²) in [7, 11) is 1.55. The average Bonchev–Trinajstić information content (AvgIpc) is 2.37. The molecule has 0 unspecified atom stereocenters. The van der Waals surface area contributed by atoms with Crippen molar-refractivity contribution in [3.63, 3.8) is 0 Å². The Labute approximate surface area is 132 Å².